The maximum absolute atomic E-state index is 13.9. The van der Waals surface area contributed by atoms with Crippen molar-refractivity contribution in [3.8, 4) is 0 Å². The zero-order chi connectivity index (χ0) is 17.2. The molecule has 0 saturated heterocycles. The summed E-state index contributed by atoms with van der Waals surface area (Å²) in [6.07, 6.45) is 3.09. The third-order valence-electron chi connectivity index (χ3n) is 4.84. The Morgan fingerprint density at radius 2 is 1.72 bits per heavy atom. The lowest BCUT2D eigenvalue weighted by atomic mass is 10.0. The van der Waals surface area contributed by atoms with Crippen LogP contribution in [0, 0.1) is 11.6 Å². The van der Waals surface area contributed by atoms with E-state index in [0.717, 1.165) is 37.3 Å². The van der Waals surface area contributed by atoms with Gasteiger partial charge in [0, 0.05) is 31.5 Å². The van der Waals surface area contributed by atoms with Crippen LogP contribution in [0.15, 0.2) is 66.9 Å². The van der Waals surface area contributed by atoms with Crippen LogP contribution in [0.1, 0.15) is 29.3 Å². The lowest BCUT2D eigenvalue weighted by Gasteiger charge is -2.30. The zero-order valence-electron chi connectivity index (χ0n) is 13.9. The summed E-state index contributed by atoms with van der Waals surface area (Å²) in [4.78, 5) is 2.35. The van der Waals surface area contributed by atoms with Crippen molar-refractivity contribution in [1.82, 2.24) is 9.47 Å². The molecule has 0 fully saturated rings. The predicted octanol–water partition coefficient (Wildman–Crippen LogP) is 4.76. The molecule has 0 N–H and O–H groups in total. The molecule has 2 aromatic carbocycles. The van der Waals surface area contributed by atoms with Gasteiger partial charge in [-0.25, -0.2) is 8.78 Å². The number of fused-ring (bicyclic) bond motifs is 1. The third kappa shape index (κ3) is 3.22. The molecule has 0 bridgehead atoms. The van der Waals surface area contributed by atoms with Gasteiger partial charge in [0.25, 0.3) is 0 Å². The molecule has 2 nitrogen and oxygen atoms in total. The minimum absolute atomic E-state index is 0.0900. The summed E-state index contributed by atoms with van der Waals surface area (Å²) in [6.45, 7) is 2.61. The van der Waals surface area contributed by atoms with E-state index in [0.29, 0.717) is 0 Å². The van der Waals surface area contributed by atoms with Gasteiger partial charge in [-0.2, -0.15) is 0 Å². The molecule has 0 saturated carbocycles. The van der Waals surface area contributed by atoms with Gasteiger partial charge in [0.1, 0.15) is 0 Å². The molecular formula is C21H20F2N2. The van der Waals surface area contributed by atoms with Crippen molar-refractivity contribution in [3.63, 3.8) is 0 Å². The largest absolute Gasteiger partial charge is 0.350 e. The van der Waals surface area contributed by atoms with E-state index in [2.05, 4.69) is 33.9 Å². The Morgan fingerprint density at radius 3 is 2.52 bits per heavy atom. The number of halogens is 2. The molecule has 1 atom stereocenters. The molecule has 4 heteroatoms. The molecule has 0 aliphatic carbocycles. The van der Waals surface area contributed by atoms with Gasteiger partial charge in [-0.1, -0.05) is 36.4 Å². The number of benzene rings is 2. The average Bonchev–Trinajstić information content (AvgIpc) is 3.00. The zero-order valence-corrected chi connectivity index (χ0v) is 13.9. The van der Waals surface area contributed by atoms with Crippen molar-refractivity contribution >= 4 is 0 Å². The molecule has 128 valence electrons. The second-order valence-electron chi connectivity index (χ2n) is 6.51. The molecule has 0 unspecified atom stereocenters. The SMILES string of the molecule is Fc1ccc([C@@H]2c3cccn3CCCN2Cc2ccccc2)cc1F. The highest BCUT2D eigenvalue weighted by atomic mass is 19.2. The van der Waals surface area contributed by atoms with E-state index in [1.165, 1.54) is 17.7 Å². The van der Waals surface area contributed by atoms with Gasteiger partial charge in [0.2, 0.25) is 0 Å². The number of nitrogens with zero attached hydrogens (tertiary/aromatic N) is 2. The number of aromatic nitrogens is 1. The van der Waals surface area contributed by atoms with Gasteiger partial charge in [0.15, 0.2) is 11.6 Å². The van der Waals surface area contributed by atoms with Gasteiger partial charge in [0.05, 0.1) is 6.04 Å². The van der Waals surface area contributed by atoms with E-state index in [9.17, 15) is 8.78 Å². The maximum Gasteiger partial charge on any atom is 0.159 e. The highest BCUT2D eigenvalue weighted by Gasteiger charge is 2.28. The van der Waals surface area contributed by atoms with Crippen LogP contribution >= 0.6 is 0 Å². The Labute approximate surface area is 146 Å². The summed E-state index contributed by atoms with van der Waals surface area (Å²) in [5.74, 6) is -1.60. The van der Waals surface area contributed by atoms with Crippen molar-refractivity contribution in [2.75, 3.05) is 6.54 Å². The molecule has 1 aliphatic heterocycles. The Morgan fingerprint density at radius 1 is 0.880 bits per heavy atom. The van der Waals surface area contributed by atoms with Crippen LogP contribution in [0.3, 0.4) is 0 Å². The molecular weight excluding hydrogens is 318 g/mol. The number of rotatable bonds is 3. The fourth-order valence-corrected chi connectivity index (χ4v) is 3.69. The van der Waals surface area contributed by atoms with Crippen LogP contribution in [-0.4, -0.2) is 16.0 Å². The fourth-order valence-electron chi connectivity index (χ4n) is 3.69. The van der Waals surface area contributed by atoms with Gasteiger partial charge in [-0.3, -0.25) is 4.90 Å². The number of aryl methyl sites for hydroxylation is 1. The molecule has 2 heterocycles. The third-order valence-corrected chi connectivity index (χ3v) is 4.84. The second-order valence-corrected chi connectivity index (χ2v) is 6.51. The molecule has 1 aliphatic rings. The quantitative estimate of drug-likeness (QED) is 0.668. The van der Waals surface area contributed by atoms with E-state index in [4.69, 9.17) is 0 Å². The highest BCUT2D eigenvalue weighted by Crippen LogP contribution is 2.33. The van der Waals surface area contributed by atoms with Crippen molar-refractivity contribution in [2.24, 2.45) is 0 Å². The molecule has 1 aromatic heterocycles. The lowest BCUT2D eigenvalue weighted by Crippen LogP contribution is -2.29. The molecule has 25 heavy (non-hydrogen) atoms. The van der Waals surface area contributed by atoms with Crippen LogP contribution in [0.25, 0.3) is 0 Å². The van der Waals surface area contributed by atoms with Gasteiger partial charge in [-0.05, 0) is 41.8 Å². The van der Waals surface area contributed by atoms with Crippen LogP contribution < -0.4 is 0 Å². The van der Waals surface area contributed by atoms with Crippen molar-refractivity contribution in [3.05, 3.63) is 95.3 Å². The first-order valence-electron chi connectivity index (χ1n) is 8.60. The standard InChI is InChI=1S/C21H20F2N2/c22-18-10-9-17(14-19(18)23)21-20-8-4-11-24(20)12-5-13-25(21)15-16-6-2-1-3-7-16/h1-4,6-11,14,21H,5,12-13,15H2/t21-/m1/s1. The van der Waals surface area contributed by atoms with Crippen molar-refractivity contribution < 1.29 is 8.78 Å². The summed E-state index contributed by atoms with van der Waals surface area (Å²) in [7, 11) is 0. The first-order valence-corrected chi connectivity index (χ1v) is 8.60. The van der Waals surface area contributed by atoms with E-state index < -0.39 is 11.6 Å². The normalized spacial score (nSPS) is 17.9. The summed E-state index contributed by atoms with van der Waals surface area (Å²) < 4.78 is 29.5. The first kappa shape index (κ1) is 16.0. The van der Waals surface area contributed by atoms with Gasteiger partial charge >= 0.3 is 0 Å². The van der Waals surface area contributed by atoms with Gasteiger partial charge in [-0.15, -0.1) is 0 Å². The fraction of sp³-hybridized carbons (Fsp3) is 0.238. The summed E-state index contributed by atoms with van der Waals surface area (Å²) in [5, 5.41) is 0. The smallest absolute Gasteiger partial charge is 0.159 e. The summed E-state index contributed by atoms with van der Waals surface area (Å²) in [6, 6.07) is 18.5. The Hall–Kier alpha value is -2.46. The van der Waals surface area contributed by atoms with Gasteiger partial charge < -0.3 is 4.57 Å². The maximum atomic E-state index is 13.9. The van der Waals surface area contributed by atoms with E-state index in [-0.39, 0.29) is 6.04 Å². The van der Waals surface area contributed by atoms with Crippen LogP contribution in [0.5, 0.6) is 0 Å². The molecule has 3 aromatic rings. The van der Waals surface area contributed by atoms with Crippen LogP contribution in [-0.2, 0) is 13.1 Å². The molecule has 4 rings (SSSR count). The van der Waals surface area contributed by atoms with E-state index in [1.807, 2.05) is 24.3 Å². The Kier molecular flexibility index (Phi) is 4.36. The van der Waals surface area contributed by atoms with E-state index in [1.54, 1.807) is 6.07 Å². The van der Waals surface area contributed by atoms with Crippen LogP contribution in [0.4, 0.5) is 8.78 Å². The van der Waals surface area contributed by atoms with Crippen molar-refractivity contribution in [1.29, 1.82) is 0 Å². The number of hydrogen-bond donors (Lipinski definition) is 0. The monoisotopic (exact) mass is 338 g/mol. The molecule has 0 amide bonds. The first-order chi connectivity index (χ1) is 12.2. The van der Waals surface area contributed by atoms with Crippen LogP contribution in [0.2, 0.25) is 0 Å². The predicted molar refractivity (Wildman–Crippen MR) is 94.1 cm³/mol. The Balaban J connectivity index is 1.76. The minimum Gasteiger partial charge on any atom is -0.350 e. The second kappa shape index (κ2) is 6.81. The topological polar surface area (TPSA) is 8.17 Å². The summed E-state index contributed by atoms with van der Waals surface area (Å²) in [5.41, 5.74) is 3.13. The summed E-state index contributed by atoms with van der Waals surface area (Å²) >= 11 is 0. The van der Waals surface area contributed by atoms with Crippen molar-refractivity contribution in [2.45, 2.75) is 25.6 Å². The molecule has 0 radical (unpaired) electrons. The Bertz CT molecular complexity index is 857. The minimum atomic E-state index is -0.803. The average molecular weight is 338 g/mol. The number of hydrogen-bond acceptors (Lipinski definition) is 1. The lowest BCUT2D eigenvalue weighted by molar-refractivity contribution is 0.220. The molecule has 0 spiro atoms. The highest BCUT2D eigenvalue weighted by molar-refractivity contribution is 5.31. The van der Waals surface area contributed by atoms with E-state index >= 15 is 0 Å².